The lowest BCUT2D eigenvalue weighted by Gasteiger charge is -2.35. The smallest absolute Gasteiger partial charge is 0.258 e. The summed E-state index contributed by atoms with van der Waals surface area (Å²) >= 11 is 0. The molecule has 1 aliphatic rings. The molecule has 2 amide bonds. The number of anilines is 2. The Morgan fingerprint density at radius 2 is 1.57 bits per heavy atom. The Balaban J connectivity index is 1.34. The van der Waals surface area contributed by atoms with Crippen molar-refractivity contribution in [1.82, 2.24) is 9.88 Å². The van der Waals surface area contributed by atoms with Crippen molar-refractivity contribution < 1.29 is 14.0 Å². The van der Waals surface area contributed by atoms with Gasteiger partial charge in [0, 0.05) is 31.7 Å². The Kier molecular flexibility index (Phi) is 5.70. The molecule has 0 atom stereocenters. The van der Waals surface area contributed by atoms with Crippen molar-refractivity contribution in [3.8, 4) is 0 Å². The quantitative estimate of drug-likeness (QED) is 0.724. The number of nitrogens with zero attached hydrogens (tertiary/aromatic N) is 3. The SMILES string of the molecule is O=C(Nc1ccc(N2CCN(C(=O)c3ccccc3)CC2)nc1)c1ccccc1F. The van der Waals surface area contributed by atoms with Crippen LogP contribution in [0.3, 0.4) is 0 Å². The fourth-order valence-electron chi connectivity index (χ4n) is 3.39. The van der Waals surface area contributed by atoms with Gasteiger partial charge in [-0.1, -0.05) is 30.3 Å². The molecule has 0 radical (unpaired) electrons. The summed E-state index contributed by atoms with van der Waals surface area (Å²) in [6.45, 7) is 2.57. The van der Waals surface area contributed by atoms with E-state index in [1.54, 1.807) is 18.3 Å². The second-order valence-electron chi connectivity index (χ2n) is 6.98. The van der Waals surface area contributed by atoms with E-state index in [1.807, 2.05) is 41.3 Å². The highest BCUT2D eigenvalue weighted by Crippen LogP contribution is 2.18. The number of benzene rings is 2. The monoisotopic (exact) mass is 404 g/mol. The number of halogens is 1. The minimum absolute atomic E-state index is 0.0132. The molecule has 0 aliphatic carbocycles. The molecule has 0 bridgehead atoms. The van der Waals surface area contributed by atoms with Crippen LogP contribution >= 0.6 is 0 Å². The van der Waals surface area contributed by atoms with Crippen LogP contribution in [0.1, 0.15) is 20.7 Å². The van der Waals surface area contributed by atoms with Gasteiger partial charge in [-0.15, -0.1) is 0 Å². The second kappa shape index (κ2) is 8.73. The van der Waals surface area contributed by atoms with E-state index in [9.17, 15) is 14.0 Å². The molecule has 6 nitrogen and oxygen atoms in total. The van der Waals surface area contributed by atoms with E-state index >= 15 is 0 Å². The molecular formula is C23H21FN4O2. The van der Waals surface area contributed by atoms with Crippen molar-refractivity contribution in [2.45, 2.75) is 0 Å². The van der Waals surface area contributed by atoms with Crippen molar-refractivity contribution in [3.63, 3.8) is 0 Å². The Labute approximate surface area is 174 Å². The molecule has 0 saturated carbocycles. The molecule has 0 spiro atoms. The van der Waals surface area contributed by atoms with Crippen molar-refractivity contribution in [1.29, 1.82) is 0 Å². The average molecular weight is 404 g/mol. The number of rotatable bonds is 4. The van der Waals surface area contributed by atoms with E-state index in [2.05, 4.69) is 15.2 Å². The van der Waals surface area contributed by atoms with Crippen molar-refractivity contribution >= 4 is 23.3 Å². The standard InChI is InChI=1S/C23H21FN4O2/c24-20-9-5-4-8-19(20)22(29)26-18-10-11-21(25-16-18)27-12-14-28(15-13-27)23(30)17-6-2-1-3-7-17/h1-11,16H,12-15H2,(H,26,29). The molecule has 30 heavy (non-hydrogen) atoms. The number of hydrogen-bond donors (Lipinski definition) is 1. The first kappa shape index (κ1) is 19.6. The van der Waals surface area contributed by atoms with Crippen LogP contribution in [0.5, 0.6) is 0 Å². The lowest BCUT2D eigenvalue weighted by Crippen LogP contribution is -2.49. The van der Waals surface area contributed by atoms with Gasteiger partial charge in [0.05, 0.1) is 17.4 Å². The zero-order chi connectivity index (χ0) is 20.9. The Hall–Kier alpha value is -3.74. The molecule has 2 heterocycles. The van der Waals surface area contributed by atoms with E-state index in [1.165, 1.54) is 18.2 Å². The second-order valence-corrected chi connectivity index (χ2v) is 6.98. The minimum atomic E-state index is -0.567. The van der Waals surface area contributed by atoms with Gasteiger partial charge >= 0.3 is 0 Å². The highest BCUT2D eigenvalue weighted by molar-refractivity contribution is 6.04. The van der Waals surface area contributed by atoms with E-state index in [4.69, 9.17) is 0 Å². The van der Waals surface area contributed by atoms with Gasteiger partial charge in [0.15, 0.2) is 0 Å². The first-order chi connectivity index (χ1) is 14.6. The molecule has 1 aromatic heterocycles. The van der Waals surface area contributed by atoms with Gasteiger partial charge in [-0.2, -0.15) is 0 Å². The van der Waals surface area contributed by atoms with E-state index < -0.39 is 11.7 Å². The van der Waals surface area contributed by atoms with E-state index in [0.717, 1.165) is 5.82 Å². The maximum Gasteiger partial charge on any atom is 0.258 e. The number of aromatic nitrogens is 1. The molecule has 3 aromatic rings. The van der Waals surface area contributed by atoms with Crippen LogP contribution in [0.4, 0.5) is 15.9 Å². The summed E-state index contributed by atoms with van der Waals surface area (Å²) < 4.78 is 13.7. The number of hydrogen-bond acceptors (Lipinski definition) is 4. The van der Waals surface area contributed by atoms with Gasteiger partial charge in [0.2, 0.25) is 0 Å². The topological polar surface area (TPSA) is 65.5 Å². The first-order valence-corrected chi connectivity index (χ1v) is 9.73. The van der Waals surface area contributed by atoms with E-state index in [0.29, 0.717) is 37.4 Å². The number of piperazine rings is 1. The molecule has 1 aliphatic heterocycles. The molecule has 4 rings (SSSR count). The normalized spacial score (nSPS) is 13.8. The van der Waals surface area contributed by atoms with Crippen LogP contribution in [0, 0.1) is 5.82 Å². The predicted octanol–water partition coefficient (Wildman–Crippen LogP) is 3.44. The first-order valence-electron chi connectivity index (χ1n) is 9.73. The maximum atomic E-state index is 13.7. The number of carbonyl (C=O) groups is 2. The van der Waals surface area contributed by atoms with Gasteiger partial charge in [0.1, 0.15) is 11.6 Å². The molecule has 2 aromatic carbocycles. The third-order valence-electron chi connectivity index (χ3n) is 5.04. The van der Waals surface area contributed by atoms with Crippen LogP contribution in [-0.4, -0.2) is 47.9 Å². The Bertz CT molecular complexity index is 1030. The van der Waals surface area contributed by atoms with Crippen molar-refractivity contribution in [3.05, 3.63) is 89.9 Å². The van der Waals surface area contributed by atoms with E-state index in [-0.39, 0.29) is 11.5 Å². The molecular weight excluding hydrogens is 383 g/mol. The summed E-state index contributed by atoms with van der Waals surface area (Å²) in [5.41, 5.74) is 1.17. The summed E-state index contributed by atoms with van der Waals surface area (Å²) in [4.78, 5) is 33.1. The molecule has 1 saturated heterocycles. The zero-order valence-corrected chi connectivity index (χ0v) is 16.3. The van der Waals surface area contributed by atoms with Gasteiger partial charge < -0.3 is 15.1 Å². The number of pyridine rings is 1. The minimum Gasteiger partial charge on any atom is -0.353 e. The highest BCUT2D eigenvalue weighted by Gasteiger charge is 2.22. The summed E-state index contributed by atoms with van der Waals surface area (Å²) in [6, 6.07) is 18.6. The number of amides is 2. The van der Waals surface area contributed by atoms with Crippen LogP contribution in [0.2, 0.25) is 0 Å². The highest BCUT2D eigenvalue weighted by atomic mass is 19.1. The Morgan fingerprint density at radius 1 is 0.867 bits per heavy atom. The lowest BCUT2D eigenvalue weighted by atomic mass is 10.2. The van der Waals surface area contributed by atoms with Crippen molar-refractivity contribution in [2.24, 2.45) is 0 Å². The van der Waals surface area contributed by atoms with Gasteiger partial charge in [-0.3, -0.25) is 9.59 Å². The molecule has 0 unspecified atom stereocenters. The summed E-state index contributed by atoms with van der Waals surface area (Å²) in [5, 5.41) is 2.66. The molecule has 152 valence electrons. The van der Waals surface area contributed by atoms with Crippen LogP contribution < -0.4 is 10.2 Å². The van der Waals surface area contributed by atoms with Crippen LogP contribution in [0.15, 0.2) is 72.9 Å². The van der Waals surface area contributed by atoms with Crippen LogP contribution in [0.25, 0.3) is 0 Å². The zero-order valence-electron chi connectivity index (χ0n) is 16.3. The number of carbonyl (C=O) groups excluding carboxylic acids is 2. The summed E-state index contributed by atoms with van der Waals surface area (Å²) in [7, 11) is 0. The summed E-state index contributed by atoms with van der Waals surface area (Å²) in [5.74, 6) is -0.279. The third-order valence-corrected chi connectivity index (χ3v) is 5.04. The average Bonchev–Trinajstić information content (AvgIpc) is 2.80. The van der Waals surface area contributed by atoms with Gasteiger partial charge in [0.25, 0.3) is 11.8 Å². The molecule has 1 fully saturated rings. The largest absolute Gasteiger partial charge is 0.353 e. The van der Waals surface area contributed by atoms with Crippen LogP contribution in [-0.2, 0) is 0 Å². The summed E-state index contributed by atoms with van der Waals surface area (Å²) in [6.07, 6.45) is 1.55. The number of nitrogens with one attached hydrogen (secondary N) is 1. The maximum absolute atomic E-state index is 13.7. The van der Waals surface area contributed by atoms with Gasteiger partial charge in [-0.25, -0.2) is 9.37 Å². The third kappa shape index (κ3) is 4.30. The Morgan fingerprint density at radius 3 is 2.23 bits per heavy atom. The lowest BCUT2D eigenvalue weighted by molar-refractivity contribution is 0.0746. The molecule has 7 heteroatoms. The van der Waals surface area contributed by atoms with Crippen molar-refractivity contribution in [2.75, 3.05) is 36.4 Å². The fraction of sp³-hybridized carbons (Fsp3) is 0.174. The molecule has 1 N–H and O–H groups in total. The predicted molar refractivity (Wildman–Crippen MR) is 113 cm³/mol. The van der Waals surface area contributed by atoms with Gasteiger partial charge in [-0.05, 0) is 36.4 Å². The fourth-order valence-corrected chi connectivity index (χ4v) is 3.39.